The smallest absolute Gasteiger partial charge is 0.164 e. The molecule has 5 heteroatoms. The van der Waals surface area contributed by atoms with Crippen molar-refractivity contribution in [2.45, 2.75) is 6.92 Å². The number of hydrogen-bond acceptors (Lipinski definition) is 5. The molecular weight excluding hydrogens is 244 g/mol. The van der Waals surface area contributed by atoms with Gasteiger partial charge in [-0.1, -0.05) is 6.92 Å². The van der Waals surface area contributed by atoms with Gasteiger partial charge >= 0.3 is 0 Å². The Morgan fingerprint density at radius 1 is 1.00 bits per heavy atom. The predicted molar refractivity (Wildman–Crippen MR) is 77.9 cm³/mol. The van der Waals surface area contributed by atoms with Crippen molar-refractivity contribution in [3.05, 3.63) is 12.1 Å². The van der Waals surface area contributed by atoms with Crippen LogP contribution in [0.15, 0.2) is 12.1 Å². The number of benzene rings is 1. The van der Waals surface area contributed by atoms with E-state index in [0.29, 0.717) is 11.5 Å². The lowest BCUT2D eigenvalue weighted by molar-refractivity contribution is 0.349. The van der Waals surface area contributed by atoms with Gasteiger partial charge in [0.25, 0.3) is 0 Å². The lowest BCUT2D eigenvalue weighted by Crippen LogP contribution is -2.29. The molecule has 0 unspecified atom stereocenters. The predicted octanol–water partition coefficient (Wildman–Crippen LogP) is 1.76. The zero-order valence-electron chi connectivity index (χ0n) is 12.4. The zero-order valence-corrected chi connectivity index (χ0v) is 12.4. The van der Waals surface area contributed by atoms with Gasteiger partial charge in [0.15, 0.2) is 11.5 Å². The maximum Gasteiger partial charge on any atom is 0.164 e. The quantitative estimate of drug-likeness (QED) is 0.728. The molecule has 1 N–H and O–H groups in total. The van der Waals surface area contributed by atoms with Crippen LogP contribution in [0.1, 0.15) is 6.92 Å². The Kier molecular flexibility index (Phi) is 6.29. The molecule has 0 aliphatic rings. The molecule has 0 aliphatic carbocycles. The molecule has 0 spiro atoms. The van der Waals surface area contributed by atoms with Crippen LogP contribution in [0.2, 0.25) is 0 Å². The van der Waals surface area contributed by atoms with Gasteiger partial charge in [0, 0.05) is 32.3 Å². The van der Waals surface area contributed by atoms with Crippen LogP contribution in [0, 0.1) is 0 Å². The molecule has 5 nitrogen and oxygen atoms in total. The number of ether oxygens (including phenoxy) is 3. The summed E-state index contributed by atoms with van der Waals surface area (Å²) in [5.74, 6) is 2.15. The Hall–Kier alpha value is -1.62. The largest absolute Gasteiger partial charge is 0.494 e. The third-order valence-corrected chi connectivity index (χ3v) is 2.97. The van der Waals surface area contributed by atoms with Crippen molar-refractivity contribution in [2.75, 3.05) is 52.9 Å². The molecule has 0 aliphatic heterocycles. The molecule has 19 heavy (non-hydrogen) atoms. The highest BCUT2D eigenvalue weighted by Gasteiger charge is 2.14. The standard InChI is InChI=1S/C14H24N2O3/c1-6-15-7-8-16(2)11-9-13(18-4)14(19-5)10-12(11)17-3/h9-10,15H,6-8H2,1-5H3. The van der Waals surface area contributed by atoms with E-state index in [1.807, 2.05) is 19.2 Å². The second-order valence-electron chi connectivity index (χ2n) is 4.15. The summed E-state index contributed by atoms with van der Waals surface area (Å²) in [7, 11) is 6.93. The summed E-state index contributed by atoms with van der Waals surface area (Å²) in [6.45, 7) is 4.87. The molecule has 1 aromatic carbocycles. The van der Waals surface area contributed by atoms with E-state index in [2.05, 4.69) is 17.1 Å². The number of nitrogens with zero attached hydrogens (tertiary/aromatic N) is 1. The lowest BCUT2D eigenvalue weighted by Gasteiger charge is -2.23. The first-order valence-electron chi connectivity index (χ1n) is 6.39. The van der Waals surface area contributed by atoms with E-state index in [4.69, 9.17) is 14.2 Å². The lowest BCUT2D eigenvalue weighted by atomic mass is 10.2. The van der Waals surface area contributed by atoms with Crippen molar-refractivity contribution in [3.63, 3.8) is 0 Å². The molecule has 1 aromatic rings. The summed E-state index contributed by atoms with van der Waals surface area (Å²) in [6, 6.07) is 3.78. The number of rotatable bonds is 8. The monoisotopic (exact) mass is 268 g/mol. The molecule has 0 fully saturated rings. The van der Waals surface area contributed by atoms with Crippen molar-refractivity contribution >= 4 is 5.69 Å². The van der Waals surface area contributed by atoms with E-state index in [1.54, 1.807) is 21.3 Å². The van der Waals surface area contributed by atoms with Gasteiger partial charge in [0.05, 0.1) is 27.0 Å². The van der Waals surface area contributed by atoms with Crippen LogP contribution in [0.4, 0.5) is 5.69 Å². The molecule has 0 amide bonds. The highest BCUT2D eigenvalue weighted by molar-refractivity contribution is 5.65. The fraction of sp³-hybridized carbons (Fsp3) is 0.571. The van der Waals surface area contributed by atoms with E-state index >= 15 is 0 Å². The normalized spacial score (nSPS) is 10.2. The van der Waals surface area contributed by atoms with Crippen LogP contribution < -0.4 is 24.4 Å². The third kappa shape index (κ3) is 3.92. The van der Waals surface area contributed by atoms with Crippen molar-refractivity contribution < 1.29 is 14.2 Å². The van der Waals surface area contributed by atoms with Gasteiger partial charge in [0.1, 0.15) is 5.75 Å². The maximum absolute atomic E-state index is 5.42. The Morgan fingerprint density at radius 2 is 1.58 bits per heavy atom. The molecule has 0 saturated carbocycles. The topological polar surface area (TPSA) is 43.0 Å². The van der Waals surface area contributed by atoms with Crippen LogP contribution in [-0.2, 0) is 0 Å². The SMILES string of the molecule is CCNCCN(C)c1cc(OC)c(OC)cc1OC. The average molecular weight is 268 g/mol. The minimum Gasteiger partial charge on any atom is -0.494 e. The van der Waals surface area contributed by atoms with Crippen LogP contribution in [0.25, 0.3) is 0 Å². The molecule has 1 rings (SSSR count). The van der Waals surface area contributed by atoms with Crippen molar-refractivity contribution in [1.29, 1.82) is 0 Å². The van der Waals surface area contributed by atoms with Crippen LogP contribution in [-0.4, -0.2) is 48.0 Å². The zero-order chi connectivity index (χ0) is 14.3. The molecule has 0 heterocycles. The summed E-state index contributed by atoms with van der Waals surface area (Å²) in [6.07, 6.45) is 0. The van der Waals surface area contributed by atoms with Gasteiger partial charge in [-0.25, -0.2) is 0 Å². The number of likely N-dealkylation sites (N-methyl/N-ethyl adjacent to an activating group) is 2. The Balaban J connectivity index is 2.97. The second-order valence-corrected chi connectivity index (χ2v) is 4.15. The van der Waals surface area contributed by atoms with Crippen molar-refractivity contribution in [3.8, 4) is 17.2 Å². The fourth-order valence-corrected chi connectivity index (χ4v) is 1.86. The van der Waals surface area contributed by atoms with E-state index < -0.39 is 0 Å². The molecule has 108 valence electrons. The summed E-state index contributed by atoms with van der Waals surface area (Å²) in [4.78, 5) is 2.13. The molecule has 0 bridgehead atoms. The highest BCUT2D eigenvalue weighted by atomic mass is 16.5. The Bertz CT molecular complexity index is 397. The summed E-state index contributed by atoms with van der Waals surface area (Å²) in [5.41, 5.74) is 0.984. The third-order valence-electron chi connectivity index (χ3n) is 2.97. The first-order valence-corrected chi connectivity index (χ1v) is 6.39. The van der Waals surface area contributed by atoms with Crippen LogP contribution in [0.3, 0.4) is 0 Å². The number of hydrogen-bond donors (Lipinski definition) is 1. The average Bonchev–Trinajstić information content (AvgIpc) is 2.45. The van der Waals surface area contributed by atoms with Gasteiger partial charge in [-0.2, -0.15) is 0 Å². The van der Waals surface area contributed by atoms with E-state index in [9.17, 15) is 0 Å². The second kappa shape index (κ2) is 7.74. The van der Waals surface area contributed by atoms with Crippen molar-refractivity contribution in [1.82, 2.24) is 5.32 Å². The van der Waals surface area contributed by atoms with Crippen LogP contribution in [0.5, 0.6) is 17.2 Å². The van der Waals surface area contributed by atoms with E-state index in [-0.39, 0.29) is 0 Å². The fourth-order valence-electron chi connectivity index (χ4n) is 1.86. The number of anilines is 1. The first kappa shape index (κ1) is 15.4. The minimum absolute atomic E-state index is 0.670. The van der Waals surface area contributed by atoms with Gasteiger partial charge in [0.2, 0.25) is 0 Å². The molecule has 0 saturated heterocycles. The van der Waals surface area contributed by atoms with Gasteiger partial charge in [-0.05, 0) is 6.54 Å². The Morgan fingerprint density at radius 3 is 2.11 bits per heavy atom. The molecule has 0 radical (unpaired) electrons. The maximum atomic E-state index is 5.42. The van der Waals surface area contributed by atoms with Gasteiger partial charge in [-0.3, -0.25) is 0 Å². The summed E-state index contributed by atoms with van der Waals surface area (Å²) < 4.78 is 16.0. The minimum atomic E-state index is 0.670. The highest BCUT2D eigenvalue weighted by Crippen LogP contribution is 2.39. The van der Waals surface area contributed by atoms with E-state index in [0.717, 1.165) is 31.1 Å². The van der Waals surface area contributed by atoms with Gasteiger partial charge < -0.3 is 24.4 Å². The van der Waals surface area contributed by atoms with Gasteiger partial charge in [-0.15, -0.1) is 0 Å². The Labute approximate surface area is 115 Å². The van der Waals surface area contributed by atoms with Crippen LogP contribution >= 0.6 is 0 Å². The number of methoxy groups -OCH3 is 3. The first-order chi connectivity index (χ1) is 9.17. The summed E-state index contributed by atoms with van der Waals surface area (Å²) >= 11 is 0. The molecular formula is C14H24N2O3. The molecule has 0 atom stereocenters. The van der Waals surface area contributed by atoms with Crippen molar-refractivity contribution in [2.24, 2.45) is 0 Å². The number of nitrogens with one attached hydrogen (secondary N) is 1. The molecule has 0 aromatic heterocycles. The summed E-state index contributed by atoms with van der Waals surface area (Å²) in [5, 5.41) is 3.30. The van der Waals surface area contributed by atoms with E-state index in [1.165, 1.54) is 0 Å².